The lowest BCUT2D eigenvalue weighted by atomic mass is 10.2. The first-order valence-electron chi connectivity index (χ1n) is 4.61. The fourth-order valence-electron chi connectivity index (χ4n) is 1.28. The predicted molar refractivity (Wildman–Crippen MR) is 63.6 cm³/mol. The predicted octanol–water partition coefficient (Wildman–Crippen LogP) is 2.86. The maximum atomic E-state index is 5.10. The molecule has 1 N–H and O–H groups in total. The number of ether oxygens (including phenoxy) is 1. The quantitative estimate of drug-likeness (QED) is 0.863. The van der Waals surface area contributed by atoms with Gasteiger partial charge < -0.3 is 10.1 Å². The highest BCUT2D eigenvalue weighted by Gasteiger charge is 2.02. The normalized spacial score (nSPS) is 10.0. The van der Waals surface area contributed by atoms with E-state index in [1.807, 2.05) is 36.7 Å². The van der Waals surface area contributed by atoms with E-state index in [1.54, 1.807) is 18.4 Å². The van der Waals surface area contributed by atoms with Crippen molar-refractivity contribution in [2.45, 2.75) is 0 Å². The Hall–Kier alpha value is -1.55. The largest absolute Gasteiger partial charge is 0.497 e. The summed E-state index contributed by atoms with van der Waals surface area (Å²) >= 11 is 1.60. The molecule has 2 rings (SSSR count). The van der Waals surface area contributed by atoms with Gasteiger partial charge in [0.15, 0.2) is 5.13 Å². The minimum absolute atomic E-state index is 0.864. The van der Waals surface area contributed by atoms with E-state index in [0.717, 1.165) is 22.1 Å². The van der Waals surface area contributed by atoms with E-state index < -0.39 is 0 Å². The van der Waals surface area contributed by atoms with Gasteiger partial charge in [0.1, 0.15) is 5.75 Å². The molecule has 0 bridgehead atoms. The molecule has 1 aromatic carbocycles. The number of aromatic nitrogens is 1. The van der Waals surface area contributed by atoms with Crippen LogP contribution in [0, 0.1) is 0 Å². The Balaban J connectivity index is 2.28. The Morgan fingerprint density at radius 3 is 2.53 bits per heavy atom. The van der Waals surface area contributed by atoms with E-state index in [9.17, 15) is 0 Å². The fraction of sp³-hybridized carbons (Fsp3) is 0.182. The number of hydrogen-bond donors (Lipinski definition) is 1. The van der Waals surface area contributed by atoms with Crippen molar-refractivity contribution in [3.8, 4) is 17.0 Å². The molecule has 0 saturated heterocycles. The number of rotatable bonds is 3. The molecule has 0 aliphatic heterocycles. The molecular weight excluding hydrogens is 208 g/mol. The van der Waals surface area contributed by atoms with Crippen LogP contribution in [-0.2, 0) is 0 Å². The summed E-state index contributed by atoms with van der Waals surface area (Å²) < 4.78 is 5.10. The maximum absolute atomic E-state index is 5.10. The van der Waals surface area contributed by atoms with Gasteiger partial charge in [-0.2, -0.15) is 0 Å². The zero-order valence-corrected chi connectivity index (χ0v) is 9.47. The summed E-state index contributed by atoms with van der Waals surface area (Å²) in [4.78, 5) is 4.42. The summed E-state index contributed by atoms with van der Waals surface area (Å²) in [6.07, 6.45) is 0. The Morgan fingerprint density at radius 2 is 2.00 bits per heavy atom. The number of hydrogen-bond acceptors (Lipinski definition) is 4. The van der Waals surface area contributed by atoms with Crippen molar-refractivity contribution in [1.29, 1.82) is 0 Å². The smallest absolute Gasteiger partial charge is 0.182 e. The molecule has 0 fully saturated rings. The molecule has 0 saturated carbocycles. The van der Waals surface area contributed by atoms with E-state index in [0.29, 0.717) is 0 Å². The Kier molecular flexibility index (Phi) is 2.87. The Bertz CT molecular complexity index is 436. The Morgan fingerprint density at radius 1 is 1.27 bits per heavy atom. The Labute approximate surface area is 92.7 Å². The summed E-state index contributed by atoms with van der Waals surface area (Å²) in [6, 6.07) is 7.89. The van der Waals surface area contributed by atoms with Crippen LogP contribution in [0.1, 0.15) is 0 Å². The minimum atomic E-state index is 0.864. The number of nitrogens with one attached hydrogen (secondary N) is 1. The van der Waals surface area contributed by atoms with Gasteiger partial charge in [-0.3, -0.25) is 0 Å². The van der Waals surface area contributed by atoms with Gasteiger partial charge >= 0.3 is 0 Å². The first-order valence-corrected chi connectivity index (χ1v) is 5.49. The van der Waals surface area contributed by atoms with Crippen LogP contribution in [0.25, 0.3) is 11.3 Å². The second kappa shape index (κ2) is 4.31. The number of benzene rings is 1. The molecule has 0 radical (unpaired) electrons. The SMILES string of the molecule is CNc1nc(-c2ccc(OC)cc2)cs1. The van der Waals surface area contributed by atoms with E-state index in [4.69, 9.17) is 4.74 Å². The molecule has 0 atom stereocenters. The van der Waals surface area contributed by atoms with Crippen LogP contribution in [0.15, 0.2) is 29.6 Å². The molecule has 0 aliphatic rings. The highest BCUT2D eigenvalue weighted by molar-refractivity contribution is 7.14. The highest BCUT2D eigenvalue weighted by Crippen LogP contribution is 2.25. The number of methoxy groups -OCH3 is 1. The lowest BCUT2D eigenvalue weighted by Crippen LogP contribution is -1.86. The molecule has 1 aromatic heterocycles. The summed E-state index contributed by atoms with van der Waals surface area (Å²) in [6.45, 7) is 0. The molecule has 0 unspecified atom stereocenters. The number of anilines is 1. The maximum Gasteiger partial charge on any atom is 0.182 e. The average molecular weight is 220 g/mol. The molecule has 0 spiro atoms. The third kappa shape index (κ3) is 2.10. The van der Waals surface area contributed by atoms with Crippen LogP contribution in [0.3, 0.4) is 0 Å². The molecule has 1 heterocycles. The van der Waals surface area contributed by atoms with Crippen molar-refractivity contribution in [2.24, 2.45) is 0 Å². The van der Waals surface area contributed by atoms with Crippen molar-refractivity contribution in [2.75, 3.05) is 19.5 Å². The van der Waals surface area contributed by atoms with Crippen LogP contribution >= 0.6 is 11.3 Å². The highest BCUT2D eigenvalue weighted by atomic mass is 32.1. The van der Waals surface area contributed by atoms with Crippen molar-refractivity contribution >= 4 is 16.5 Å². The van der Waals surface area contributed by atoms with E-state index in [2.05, 4.69) is 10.3 Å². The molecule has 15 heavy (non-hydrogen) atoms. The summed E-state index contributed by atoms with van der Waals surface area (Å²) in [5.74, 6) is 0.864. The molecule has 3 nitrogen and oxygen atoms in total. The monoisotopic (exact) mass is 220 g/mol. The van der Waals surface area contributed by atoms with E-state index >= 15 is 0 Å². The van der Waals surface area contributed by atoms with Crippen LogP contribution in [0.2, 0.25) is 0 Å². The average Bonchev–Trinajstić information content (AvgIpc) is 2.78. The van der Waals surface area contributed by atoms with Gasteiger partial charge in [0.2, 0.25) is 0 Å². The van der Waals surface area contributed by atoms with Crippen LogP contribution in [0.5, 0.6) is 5.75 Å². The molecule has 0 amide bonds. The van der Waals surface area contributed by atoms with Gasteiger partial charge in [0.05, 0.1) is 12.8 Å². The van der Waals surface area contributed by atoms with Crippen LogP contribution in [0.4, 0.5) is 5.13 Å². The van der Waals surface area contributed by atoms with Gasteiger partial charge in [0, 0.05) is 18.0 Å². The lowest BCUT2D eigenvalue weighted by molar-refractivity contribution is 0.415. The van der Waals surface area contributed by atoms with Crippen molar-refractivity contribution in [3.63, 3.8) is 0 Å². The molecule has 4 heteroatoms. The van der Waals surface area contributed by atoms with Crippen molar-refractivity contribution in [1.82, 2.24) is 4.98 Å². The summed E-state index contributed by atoms with van der Waals surface area (Å²) in [7, 11) is 3.54. The number of nitrogens with zero attached hydrogens (tertiary/aromatic N) is 1. The van der Waals surface area contributed by atoms with Crippen LogP contribution < -0.4 is 10.1 Å². The first kappa shape index (κ1) is 9.98. The lowest BCUT2D eigenvalue weighted by Gasteiger charge is -2.00. The van der Waals surface area contributed by atoms with Gasteiger partial charge in [-0.1, -0.05) is 0 Å². The summed E-state index contributed by atoms with van der Waals surface area (Å²) in [5, 5.41) is 5.99. The summed E-state index contributed by atoms with van der Waals surface area (Å²) in [5.41, 5.74) is 2.10. The molecular formula is C11H12N2OS. The molecule has 0 aliphatic carbocycles. The van der Waals surface area contributed by atoms with Crippen molar-refractivity contribution < 1.29 is 4.74 Å². The van der Waals surface area contributed by atoms with Gasteiger partial charge in [-0.05, 0) is 24.3 Å². The van der Waals surface area contributed by atoms with Gasteiger partial charge in [-0.25, -0.2) is 4.98 Å². The van der Waals surface area contributed by atoms with E-state index in [-0.39, 0.29) is 0 Å². The standard InChI is InChI=1S/C11H12N2OS/c1-12-11-13-10(7-15-11)8-3-5-9(14-2)6-4-8/h3-7H,1-2H3,(H,12,13). The zero-order chi connectivity index (χ0) is 10.7. The van der Waals surface area contributed by atoms with E-state index in [1.165, 1.54) is 0 Å². The third-order valence-corrected chi connectivity index (χ3v) is 2.96. The minimum Gasteiger partial charge on any atom is -0.497 e. The topological polar surface area (TPSA) is 34.2 Å². The fourth-order valence-corrected chi connectivity index (χ4v) is 1.96. The second-order valence-corrected chi connectivity index (χ2v) is 3.87. The molecule has 78 valence electrons. The van der Waals surface area contributed by atoms with Gasteiger partial charge in [-0.15, -0.1) is 11.3 Å². The zero-order valence-electron chi connectivity index (χ0n) is 8.65. The molecule has 2 aromatic rings. The second-order valence-electron chi connectivity index (χ2n) is 3.02. The van der Waals surface area contributed by atoms with Crippen LogP contribution in [-0.4, -0.2) is 19.1 Å². The first-order chi connectivity index (χ1) is 7.33. The third-order valence-electron chi connectivity index (χ3n) is 2.10. The van der Waals surface area contributed by atoms with Gasteiger partial charge in [0.25, 0.3) is 0 Å². The number of thiazole rings is 1. The van der Waals surface area contributed by atoms with Crippen molar-refractivity contribution in [3.05, 3.63) is 29.6 Å².